The second-order valence-electron chi connectivity index (χ2n) is 4.37. The van der Waals surface area contributed by atoms with Crippen molar-refractivity contribution in [3.8, 4) is 5.69 Å². The van der Waals surface area contributed by atoms with E-state index in [1.165, 1.54) is 0 Å². The third kappa shape index (κ3) is 3.35. The zero-order valence-corrected chi connectivity index (χ0v) is 11.8. The van der Waals surface area contributed by atoms with Crippen LogP contribution in [0.1, 0.15) is 19.0 Å². The van der Waals surface area contributed by atoms with E-state index in [4.69, 9.17) is 4.74 Å². The average Bonchev–Trinajstić information content (AvgIpc) is 2.95. The molecule has 0 saturated heterocycles. The van der Waals surface area contributed by atoms with Crippen LogP contribution in [0.25, 0.3) is 5.69 Å². The van der Waals surface area contributed by atoms with E-state index < -0.39 is 0 Å². The van der Waals surface area contributed by atoms with Gasteiger partial charge in [0.05, 0.1) is 11.4 Å². The van der Waals surface area contributed by atoms with Crippen molar-refractivity contribution in [2.24, 2.45) is 7.05 Å². The number of aromatic nitrogens is 4. The number of imidazole rings is 1. The van der Waals surface area contributed by atoms with Crippen LogP contribution in [0.5, 0.6) is 0 Å². The van der Waals surface area contributed by atoms with Crippen LogP contribution in [0.15, 0.2) is 18.6 Å². The highest BCUT2D eigenvalue weighted by molar-refractivity contribution is 5.43. The van der Waals surface area contributed by atoms with Crippen LogP contribution in [-0.2, 0) is 11.8 Å². The molecule has 2 aromatic rings. The van der Waals surface area contributed by atoms with Crippen molar-refractivity contribution >= 4 is 5.95 Å². The second kappa shape index (κ2) is 6.38. The normalized spacial score (nSPS) is 10.9. The van der Waals surface area contributed by atoms with Gasteiger partial charge in [-0.2, -0.15) is 5.10 Å². The summed E-state index contributed by atoms with van der Waals surface area (Å²) in [5, 5.41) is 7.67. The van der Waals surface area contributed by atoms with Crippen molar-refractivity contribution < 1.29 is 4.74 Å². The minimum atomic E-state index is 0.767. The number of rotatable bonds is 7. The summed E-state index contributed by atoms with van der Waals surface area (Å²) in [5.74, 6) is 0.840. The monoisotopic (exact) mass is 263 g/mol. The Morgan fingerprint density at radius 2 is 2.26 bits per heavy atom. The molecule has 1 N–H and O–H groups in total. The fraction of sp³-hybridized carbons (Fsp3) is 0.538. The molecule has 104 valence electrons. The van der Waals surface area contributed by atoms with Gasteiger partial charge in [-0.25, -0.2) is 4.98 Å². The molecule has 2 rings (SSSR count). The third-order valence-corrected chi connectivity index (χ3v) is 2.84. The SMILES string of the molecule is CCOCCCNc1nccn1-c1cn(C)nc1C. The van der Waals surface area contributed by atoms with Crippen molar-refractivity contribution in [2.45, 2.75) is 20.3 Å². The van der Waals surface area contributed by atoms with E-state index in [2.05, 4.69) is 15.4 Å². The second-order valence-corrected chi connectivity index (χ2v) is 4.37. The fourth-order valence-electron chi connectivity index (χ4n) is 1.97. The molecular weight excluding hydrogens is 242 g/mol. The highest BCUT2D eigenvalue weighted by atomic mass is 16.5. The Labute approximate surface area is 113 Å². The summed E-state index contributed by atoms with van der Waals surface area (Å²) in [6.07, 6.45) is 6.68. The third-order valence-electron chi connectivity index (χ3n) is 2.84. The summed E-state index contributed by atoms with van der Waals surface area (Å²) in [4.78, 5) is 4.33. The van der Waals surface area contributed by atoms with Gasteiger partial charge in [-0.05, 0) is 20.3 Å². The lowest BCUT2D eigenvalue weighted by Gasteiger charge is -2.08. The number of aryl methyl sites for hydroxylation is 2. The molecule has 0 saturated carbocycles. The summed E-state index contributed by atoms with van der Waals surface area (Å²) in [6, 6.07) is 0. The van der Waals surface area contributed by atoms with Gasteiger partial charge < -0.3 is 10.1 Å². The average molecular weight is 263 g/mol. The van der Waals surface area contributed by atoms with Gasteiger partial charge in [-0.15, -0.1) is 0 Å². The zero-order chi connectivity index (χ0) is 13.7. The number of hydrogen-bond donors (Lipinski definition) is 1. The Morgan fingerprint density at radius 1 is 1.42 bits per heavy atom. The Balaban J connectivity index is 2.00. The molecule has 0 aliphatic rings. The van der Waals surface area contributed by atoms with Crippen LogP contribution in [0.3, 0.4) is 0 Å². The minimum absolute atomic E-state index is 0.767. The maximum Gasteiger partial charge on any atom is 0.207 e. The Morgan fingerprint density at radius 3 is 2.95 bits per heavy atom. The van der Waals surface area contributed by atoms with Crippen molar-refractivity contribution in [1.82, 2.24) is 19.3 Å². The minimum Gasteiger partial charge on any atom is -0.382 e. The van der Waals surface area contributed by atoms with Crippen molar-refractivity contribution in [1.29, 1.82) is 0 Å². The van der Waals surface area contributed by atoms with Gasteiger partial charge >= 0.3 is 0 Å². The topological polar surface area (TPSA) is 56.9 Å². The summed E-state index contributed by atoms with van der Waals surface area (Å²) in [5.41, 5.74) is 2.03. The predicted molar refractivity (Wildman–Crippen MR) is 74.7 cm³/mol. The van der Waals surface area contributed by atoms with Crippen LogP contribution in [0.2, 0.25) is 0 Å². The summed E-state index contributed by atoms with van der Waals surface area (Å²) >= 11 is 0. The highest BCUT2D eigenvalue weighted by Gasteiger charge is 2.09. The zero-order valence-electron chi connectivity index (χ0n) is 11.8. The number of hydrogen-bond acceptors (Lipinski definition) is 4. The number of ether oxygens (including phenoxy) is 1. The van der Waals surface area contributed by atoms with Gasteiger partial charge in [0.1, 0.15) is 0 Å². The Kier molecular flexibility index (Phi) is 4.57. The van der Waals surface area contributed by atoms with E-state index in [1.807, 2.05) is 42.5 Å². The molecule has 0 bridgehead atoms. The molecular formula is C13H21N5O. The van der Waals surface area contributed by atoms with E-state index in [0.29, 0.717) is 0 Å². The molecule has 0 atom stereocenters. The van der Waals surface area contributed by atoms with Gasteiger partial charge in [0.2, 0.25) is 5.95 Å². The quantitative estimate of drug-likeness (QED) is 0.773. The molecule has 0 aromatic carbocycles. The Bertz CT molecular complexity index is 517. The summed E-state index contributed by atoms with van der Waals surface area (Å²) < 4.78 is 9.14. The molecule has 2 heterocycles. The first-order chi connectivity index (χ1) is 9.22. The number of anilines is 1. The molecule has 6 heteroatoms. The van der Waals surface area contributed by atoms with Crippen LogP contribution in [0, 0.1) is 6.92 Å². The standard InChI is InChI=1S/C13H21N5O/c1-4-19-9-5-6-14-13-15-7-8-18(13)12-10-17(3)16-11(12)2/h7-8,10H,4-6,9H2,1-3H3,(H,14,15). The van der Waals surface area contributed by atoms with Gasteiger partial charge in [0, 0.05) is 45.4 Å². The van der Waals surface area contributed by atoms with Gasteiger partial charge in [0.25, 0.3) is 0 Å². The highest BCUT2D eigenvalue weighted by Crippen LogP contribution is 2.16. The Hall–Kier alpha value is -1.82. The van der Waals surface area contributed by atoms with E-state index in [9.17, 15) is 0 Å². The van der Waals surface area contributed by atoms with E-state index in [0.717, 1.165) is 43.5 Å². The van der Waals surface area contributed by atoms with Crippen molar-refractivity contribution in [2.75, 3.05) is 25.1 Å². The first-order valence-electron chi connectivity index (χ1n) is 6.58. The molecule has 2 aromatic heterocycles. The molecule has 0 amide bonds. The molecule has 0 aliphatic heterocycles. The van der Waals surface area contributed by atoms with Crippen molar-refractivity contribution in [3.63, 3.8) is 0 Å². The smallest absolute Gasteiger partial charge is 0.207 e. The predicted octanol–water partition coefficient (Wildman–Crippen LogP) is 1.75. The van der Waals surface area contributed by atoms with Crippen LogP contribution in [-0.4, -0.2) is 39.1 Å². The molecule has 0 spiro atoms. The van der Waals surface area contributed by atoms with Gasteiger partial charge in [0.15, 0.2) is 0 Å². The van der Waals surface area contributed by atoms with E-state index >= 15 is 0 Å². The lowest BCUT2D eigenvalue weighted by atomic mass is 10.4. The molecule has 0 radical (unpaired) electrons. The fourth-order valence-corrected chi connectivity index (χ4v) is 1.97. The summed E-state index contributed by atoms with van der Waals surface area (Å²) in [6.45, 7) is 6.38. The lowest BCUT2D eigenvalue weighted by Crippen LogP contribution is -2.10. The molecule has 0 unspecified atom stereocenters. The first kappa shape index (κ1) is 13.6. The molecule has 0 fully saturated rings. The largest absolute Gasteiger partial charge is 0.382 e. The maximum atomic E-state index is 5.31. The molecule has 0 aliphatic carbocycles. The number of nitrogens with zero attached hydrogens (tertiary/aromatic N) is 4. The van der Waals surface area contributed by atoms with Crippen LogP contribution >= 0.6 is 0 Å². The first-order valence-corrected chi connectivity index (χ1v) is 6.58. The van der Waals surface area contributed by atoms with Crippen LogP contribution < -0.4 is 5.32 Å². The van der Waals surface area contributed by atoms with E-state index in [-0.39, 0.29) is 0 Å². The molecule has 6 nitrogen and oxygen atoms in total. The molecule has 19 heavy (non-hydrogen) atoms. The van der Waals surface area contributed by atoms with Gasteiger partial charge in [-0.1, -0.05) is 0 Å². The van der Waals surface area contributed by atoms with Gasteiger partial charge in [-0.3, -0.25) is 9.25 Å². The number of nitrogens with one attached hydrogen (secondary N) is 1. The van der Waals surface area contributed by atoms with Crippen molar-refractivity contribution in [3.05, 3.63) is 24.3 Å². The summed E-state index contributed by atoms with van der Waals surface area (Å²) in [7, 11) is 1.92. The van der Waals surface area contributed by atoms with E-state index in [1.54, 1.807) is 6.20 Å². The maximum absolute atomic E-state index is 5.31. The van der Waals surface area contributed by atoms with Crippen LogP contribution in [0.4, 0.5) is 5.95 Å². The lowest BCUT2D eigenvalue weighted by molar-refractivity contribution is 0.147.